The molecule has 1 saturated heterocycles. The van der Waals surface area contributed by atoms with Crippen LogP contribution in [0.4, 0.5) is 13.2 Å². The van der Waals surface area contributed by atoms with Crippen molar-refractivity contribution in [2.24, 2.45) is 5.41 Å². The summed E-state index contributed by atoms with van der Waals surface area (Å²) in [5, 5.41) is 0.989. The summed E-state index contributed by atoms with van der Waals surface area (Å²) in [7, 11) is -5.66. The van der Waals surface area contributed by atoms with Gasteiger partial charge in [-0.2, -0.15) is 13.2 Å². The van der Waals surface area contributed by atoms with Crippen LogP contribution in [0.25, 0.3) is 0 Å². The number of hydrogen-bond acceptors (Lipinski definition) is 4. The van der Waals surface area contributed by atoms with E-state index in [-0.39, 0.29) is 18.4 Å². The van der Waals surface area contributed by atoms with Gasteiger partial charge >= 0.3 is 5.51 Å². The number of carbonyl (C=O) groups excluding carboxylic acids is 2. The van der Waals surface area contributed by atoms with Crippen LogP contribution in [0.5, 0.6) is 0 Å². The molecule has 0 N–H and O–H groups in total. The van der Waals surface area contributed by atoms with Gasteiger partial charge in [0.25, 0.3) is 9.84 Å². The smallest absolute Gasteiger partial charge is 0.332 e. The van der Waals surface area contributed by atoms with Gasteiger partial charge in [0.15, 0.2) is 0 Å². The number of piperidine rings is 1. The van der Waals surface area contributed by atoms with E-state index >= 15 is 0 Å². The van der Waals surface area contributed by atoms with Gasteiger partial charge in [-0.3, -0.25) is 9.59 Å². The second-order valence-electron chi connectivity index (χ2n) is 10.0. The summed E-state index contributed by atoms with van der Waals surface area (Å²) in [6.45, 7) is 5.39. The van der Waals surface area contributed by atoms with Gasteiger partial charge in [0, 0.05) is 28.4 Å². The Bertz CT molecular complexity index is 1280. The lowest BCUT2D eigenvalue weighted by Crippen LogP contribution is -2.56. The number of nitrogens with zero attached hydrogens (tertiary/aromatic N) is 1. The number of hydrogen-bond donors (Lipinski definition) is 0. The molecule has 0 aromatic heterocycles. The summed E-state index contributed by atoms with van der Waals surface area (Å²) >= 11 is 12.4. The SMILES string of the molecule is CCC(CC)N1C(=O)[C@@](C)(CC(=O)CS(=O)(=O)C(F)(F)F)C[C@H](c2cccc(Cl)c2)[C@H]1c1ccc(Cl)cc1. The number of ketones is 1. The molecule has 1 amide bonds. The second-order valence-corrected chi connectivity index (χ2v) is 12.9. The Morgan fingerprint density at radius 3 is 2.18 bits per heavy atom. The van der Waals surface area contributed by atoms with Crippen LogP contribution in [0.1, 0.15) is 69.5 Å². The molecule has 208 valence electrons. The van der Waals surface area contributed by atoms with Crippen LogP contribution in [0.15, 0.2) is 48.5 Å². The van der Waals surface area contributed by atoms with Crippen LogP contribution in [0, 0.1) is 5.41 Å². The molecule has 1 aliphatic rings. The van der Waals surface area contributed by atoms with Crippen LogP contribution < -0.4 is 0 Å². The fourth-order valence-corrected chi connectivity index (χ4v) is 6.42. The molecule has 11 heteroatoms. The van der Waals surface area contributed by atoms with Crippen molar-refractivity contribution in [2.45, 2.75) is 70.0 Å². The molecule has 0 unspecified atom stereocenters. The number of rotatable bonds is 9. The first-order chi connectivity index (χ1) is 17.6. The van der Waals surface area contributed by atoms with E-state index in [1.165, 1.54) is 6.92 Å². The average molecular weight is 593 g/mol. The van der Waals surface area contributed by atoms with E-state index in [2.05, 4.69) is 0 Å². The van der Waals surface area contributed by atoms with Crippen LogP contribution in [-0.4, -0.2) is 42.3 Å². The highest BCUT2D eigenvalue weighted by Gasteiger charge is 2.53. The molecule has 0 spiro atoms. The molecule has 3 rings (SSSR count). The lowest BCUT2D eigenvalue weighted by Gasteiger charge is -2.52. The summed E-state index contributed by atoms with van der Waals surface area (Å²) in [5.41, 5.74) is -5.38. The van der Waals surface area contributed by atoms with Crippen molar-refractivity contribution in [3.63, 3.8) is 0 Å². The molecule has 0 radical (unpaired) electrons. The van der Waals surface area contributed by atoms with Crippen LogP contribution >= 0.6 is 23.2 Å². The van der Waals surface area contributed by atoms with Crippen molar-refractivity contribution in [3.05, 3.63) is 69.7 Å². The first kappa shape index (κ1) is 30.4. The number of alkyl halides is 3. The predicted octanol–water partition coefficient (Wildman–Crippen LogP) is 7.14. The van der Waals surface area contributed by atoms with Gasteiger partial charge in [0.1, 0.15) is 11.5 Å². The predicted molar refractivity (Wildman–Crippen MR) is 142 cm³/mol. The largest absolute Gasteiger partial charge is 0.497 e. The highest BCUT2D eigenvalue weighted by molar-refractivity contribution is 7.92. The number of benzene rings is 2. The summed E-state index contributed by atoms with van der Waals surface area (Å²) in [6, 6.07) is 13.5. The van der Waals surface area contributed by atoms with Crippen molar-refractivity contribution in [2.75, 3.05) is 5.75 Å². The number of amides is 1. The Labute approximate surface area is 231 Å². The Hall–Kier alpha value is -2.10. The van der Waals surface area contributed by atoms with E-state index in [0.717, 1.165) is 11.1 Å². The molecular formula is C27H30Cl2F3NO4S. The van der Waals surface area contributed by atoms with Gasteiger partial charge in [-0.15, -0.1) is 0 Å². The molecule has 2 aromatic carbocycles. The molecule has 5 nitrogen and oxygen atoms in total. The number of carbonyl (C=O) groups is 2. The Kier molecular flexibility index (Phi) is 9.26. The Morgan fingerprint density at radius 2 is 1.66 bits per heavy atom. The van der Waals surface area contributed by atoms with E-state index < -0.39 is 50.7 Å². The average Bonchev–Trinajstić information content (AvgIpc) is 2.82. The zero-order valence-electron chi connectivity index (χ0n) is 21.3. The number of sulfone groups is 1. The van der Waals surface area contributed by atoms with Gasteiger partial charge in [-0.05, 0) is 54.7 Å². The first-order valence-electron chi connectivity index (χ1n) is 12.3. The summed E-state index contributed by atoms with van der Waals surface area (Å²) in [6.07, 6.45) is 0.665. The van der Waals surface area contributed by atoms with E-state index in [0.29, 0.717) is 22.9 Å². The van der Waals surface area contributed by atoms with Gasteiger partial charge in [0.05, 0.1) is 11.5 Å². The number of Topliss-reactive ketones (excluding diaryl/α,β-unsaturated/α-hetero) is 1. The minimum atomic E-state index is -5.66. The standard InChI is InChI=1S/C27H30Cl2F3NO4S/c1-4-21(5-2)33-24(17-9-11-19(28)12-10-17)23(18-7-6-8-20(29)13-18)15-26(3,25(33)35)14-22(34)16-38(36,37)27(30,31)32/h6-13,21,23-24H,4-5,14-16H2,1-3H3/t23-,24-,26+/m1/s1. The lowest BCUT2D eigenvalue weighted by atomic mass is 9.66. The summed E-state index contributed by atoms with van der Waals surface area (Å²) in [4.78, 5) is 28.6. The van der Waals surface area contributed by atoms with E-state index in [9.17, 15) is 31.2 Å². The third-order valence-corrected chi connectivity index (χ3v) is 9.11. The summed E-state index contributed by atoms with van der Waals surface area (Å²) < 4.78 is 62.2. The monoisotopic (exact) mass is 591 g/mol. The van der Waals surface area contributed by atoms with Crippen molar-refractivity contribution >= 4 is 44.7 Å². The third-order valence-electron chi connectivity index (χ3n) is 7.22. The maximum Gasteiger partial charge on any atom is 0.497 e. The molecule has 2 aromatic rings. The van der Waals surface area contributed by atoms with Crippen molar-refractivity contribution < 1.29 is 31.2 Å². The van der Waals surface area contributed by atoms with Gasteiger partial charge in [-0.25, -0.2) is 8.42 Å². The van der Waals surface area contributed by atoms with Gasteiger partial charge < -0.3 is 4.90 Å². The van der Waals surface area contributed by atoms with Crippen molar-refractivity contribution in [1.82, 2.24) is 4.90 Å². The topological polar surface area (TPSA) is 71.5 Å². The molecule has 0 aliphatic carbocycles. The Morgan fingerprint density at radius 1 is 1.05 bits per heavy atom. The van der Waals surface area contributed by atoms with Gasteiger partial charge in [-0.1, -0.05) is 68.2 Å². The molecule has 3 atom stereocenters. The van der Waals surface area contributed by atoms with Gasteiger partial charge in [0.2, 0.25) is 5.91 Å². The molecule has 0 saturated carbocycles. The summed E-state index contributed by atoms with van der Waals surface area (Å²) in [5.74, 6) is -3.64. The van der Waals surface area contributed by atoms with Crippen LogP contribution in [0.3, 0.4) is 0 Å². The fourth-order valence-electron chi connectivity index (χ4n) is 5.41. The van der Waals surface area contributed by atoms with E-state index in [4.69, 9.17) is 23.2 Å². The molecular weight excluding hydrogens is 562 g/mol. The van der Waals surface area contributed by atoms with Crippen molar-refractivity contribution in [1.29, 1.82) is 0 Å². The zero-order valence-corrected chi connectivity index (χ0v) is 23.6. The molecule has 1 aliphatic heterocycles. The highest BCUT2D eigenvalue weighted by Crippen LogP contribution is 2.52. The molecule has 0 bridgehead atoms. The zero-order chi connectivity index (χ0) is 28.5. The maximum atomic E-state index is 14.1. The highest BCUT2D eigenvalue weighted by atomic mass is 35.5. The molecule has 38 heavy (non-hydrogen) atoms. The maximum absolute atomic E-state index is 14.1. The third kappa shape index (κ3) is 6.37. The molecule has 1 fully saturated rings. The van der Waals surface area contributed by atoms with Crippen LogP contribution in [-0.2, 0) is 19.4 Å². The first-order valence-corrected chi connectivity index (χ1v) is 14.7. The second kappa shape index (κ2) is 11.6. The normalized spacial score (nSPS) is 22.7. The fraction of sp³-hybridized carbons (Fsp3) is 0.481. The number of halogens is 5. The molecule has 1 heterocycles. The Balaban J connectivity index is 2.14. The minimum Gasteiger partial charge on any atom is -0.332 e. The lowest BCUT2D eigenvalue weighted by molar-refractivity contribution is -0.157. The van der Waals surface area contributed by atoms with E-state index in [1.54, 1.807) is 35.2 Å². The minimum absolute atomic E-state index is 0.105. The number of likely N-dealkylation sites (tertiary alicyclic amines) is 1. The van der Waals surface area contributed by atoms with Crippen LogP contribution in [0.2, 0.25) is 10.0 Å². The quantitative estimate of drug-likeness (QED) is 0.311. The van der Waals surface area contributed by atoms with E-state index in [1.807, 2.05) is 32.0 Å². The van der Waals surface area contributed by atoms with Crippen molar-refractivity contribution in [3.8, 4) is 0 Å².